The maximum atomic E-state index is 12.4. The highest BCUT2D eigenvalue weighted by Crippen LogP contribution is 2.16. The maximum Gasteiger partial charge on any atom is 0.267 e. The van der Waals surface area contributed by atoms with E-state index in [1.165, 1.54) is 12.3 Å². The van der Waals surface area contributed by atoms with Gasteiger partial charge in [-0.05, 0) is 49.2 Å². The number of halogens is 1. The second-order valence-corrected chi connectivity index (χ2v) is 6.26. The Labute approximate surface area is 155 Å². The molecule has 0 saturated carbocycles. The zero-order valence-corrected chi connectivity index (χ0v) is 14.9. The van der Waals surface area contributed by atoms with Crippen LogP contribution in [0.2, 0.25) is 5.02 Å². The second-order valence-electron chi connectivity index (χ2n) is 5.82. The summed E-state index contributed by atoms with van der Waals surface area (Å²) in [4.78, 5) is 24.5. The molecule has 0 spiro atoms. The number of rotatable bonds is 6. The SMILES string of the molecule is CC(C(=O)NCCc1ccc(Cl)cc1)n1nc(-c2ccco2)ccc1=O. The highest BCUT2D eigenvalue weighted by atomic mass is 35.5. The molecule has 0 bridgehead atoms. The summed E-state index contributed by atoms with van der Waals surface area (Å²) in [6.07, 6.45) is 2.20. The van der Waals surface area contributed by atoms with Crippen molar-refractivity contribution in [3.8, 4) is 11.5 Å². The predicted molar refractivity (Wildman–Crippen MR) is 99.1 cm³/mol. The lowest BCUT2D eigenvalue weighted by molar-refractivity contribution is -0.124. The molecule has 0 aliphatic carbocycles. The van der Waals surface area contributed by atoms with Gasteiger partial charge in [0.2, 0.25) is 5.91 Å². The number of nitrogens with zero attached hydrogens (tertiary/aromatic N) is 2. The molecule has 0 radical (unpaired) electrons. The van der Waals surface area contributed by atoms with E-state index in [4.69, 9.17) is 16.0 Å². The summed E-state index contributed by atoms with van der Waals surface area (Å²) in [6.45, 7) is 2.09. The Morgan fingerprint density at radius 1 is 1.23 bits per heavy atom. The molecule has 3 rings (SSSR count). The van der Waals surface area contributed by atoms with Crippen LogP contribution >= 0.6 is 11.6 Å². The van der Waals surface area contributed by atoms with Crippen LogP contribution in [0.5, 0.6) is 0 Å². The van der Waals surface area contributed by atoms with Crippen LogP contribution in [0, 0.1) is 0 Å². The largest absolute Gasteiger partial charge is 0.463 e. The minimum Gasteiger partial charge on any atom is -0.463 e. The maximum absolute atomic E-state index is 12.4. The topological polar surface area (TPSA) is 77.1 Å². The Bertz CT molecular complexity index is 933. The number of aromatic nitrogens is 2. The Morgan fingerprint density at radius 3 is 2.69 bits per heavy atom. The first-order valence-electron chi connectivity index (χ1n) is 8.20. The van der Waals surface area contributed by atoms with Crippen LogP contribution in [0.4, 0.5) is 0 Å². The van der Waals surface area contributed by atoms with Crippen LogP contribution in [-0.2, 0) is 11.2 Å². The molecule has 1 unspecified atom stereocenters. The van der Waals surface area contributed by atoms with Gasteiger partial charge in [-0.1, -0.05) is 23.7 Å². The van der Waals surface area contributed by atoms with E-state index >= 15 is 0 Å². The van der Waals surface area contributed by atoms with Gasteiger partial charge in [-0.2, -0.15) is 5.10 Å². The smallest absolute Gasteiger partial charge is 0.267 e. The molecule has 26 heavy (non-hydrogen) atoms. The number of hydrogen-bond acceptors (Lipinski definition) is 4. The highest BCUT2D eigenvalue weighted by Gasteiger charge is 2.18. The number of furan rings is 1. The molecule has 7 heteroatoms. The Hall–Kier alpha value is -2.86. The van der Waals surface area contributed by atoms with Gasteiger partial charge >= 0.3 is 0 Å². The molecule has 0 aliphatic rings. The summed E-state index contributed by atoms with van der Waals surface area (Å²) in [5, 5.41) is 7.75. The molecule has 0 aliphatic heterocycles. The van der Waals surface area contributed by atoms with Crippen LogP contribution < -0.4 is 10.9 Å². The molecule has 6 nitrogen and oxygen atoms in total. The van der Waals surface area contributed by atoms with E-state index in [1.807, 2.05) is 24.3 Å². The standard InChI is InChI=1S/C19H18ClN3O3/c1-13(19(25)21-11-10-14-4-6-15(20)7-5-14)23-18(24)9-8-16(22-23)17-3-2-12-26-17/h2-9,12-13H,10-11H2,1H3,(H,21,25). The van der Waals surface area contributed by atoms with Crippen molar-refractivity contribution in [1.82, 2.24) is 15.1 Å². The fourth-order valence-corrected chi connectivity index (χ4v) is 2.62. The summed E-state index contributed by atoms with van der Waals surface area (Å²) in [5.74, 6) is 0.263. The zero-order valence-electron chi connectivity index (χ0n) is 14.2. The summed E-state index contributed by atoms with van der Waals surface area (Å²) >= 11 is 5.85. The van der Waals surface area contributed by atoms with E-state index in [-0.39, 0.29) is 11.5 Å². The molecular formula is C19H18ClN3O3. The summed E-state index contributed by atoms with van der Waals surface area (Å²) in [5.41, 5.74) is 1.22. The fourth-order valence-electron chi connectivity index (χ4n) is 2.50. The van der Waals surface area contributed by atoms with E-state index < -0.39 is 6.04 Å². The van der Waals surface area contributed by atoms with Gasteiger partial charge in [0.15, 0.2) is 5.76 Å². The van der Waals surface area contributed by atoms with Crippen LogP contribution in [0.15, 0.2) is 64.0 Å². The molecule has 1 N–H and O–H groups in total. The molecule has 1 aromatic carbocycles. The predicted octanol–water partition coefficient (Wildman–Crippen LogP) is 3.08. The van der Waals surface area contributed by atoms with Crippen LogP contribution in [0.1, 0.15) is 18.5 Å². The quantitative estimate of drug-likeness (QED) is 0.722. The van der Waals surface area contributed by atoms with Gasteiger partial charge in [0.1, 0.15) is 11.7 Å². The van der Waals surface area contributed by atoms with Crippen molar-refractivity contribution in [3.63, 3.8) is 0 Å². The zero-order chi connectivity index (χ0) is 18.5. The molecule has 134 valence electrons. The molecule has 3 aromatic rings. The monoisotopic (exact) mass is 371 g/mol. The van der Waals surface area contributed by atoms with Crippen molar-refractivity contribution in [2.24, 2.45) is 0 Å². The third kappa shape index (κ3) is 4.21. The lowest BCUT2D eigenvalue weighted by Gasteiger charge is -2.14. The normalized spacial score (nSPS) is 11.9. The van der Waals surface area contributed by atoms with E-state index in [2.05, 4.69) is 10.4 Å². The van der Waals surface area contributed by atoms with E-state index in [0.29, 0.717) is 29.4 Å². The number of nitrogens with one attached hydrogen (secondary N) is 1. The van der Waals surface area contributed by atoms with Crippen molar-refractivity contribution < 1.29 is 9.21 Å². The van der Waals surface area contributed by atoms with Gasteiger partial charge < -0.3 is 9.73 Å². The van der Waals surface area contributed by atoms with Gasteiger partial charge in [-0.15, -0.1) is 0 Å². The van der Waals surface area contributed by atoms with Crippen molar-refractivity contribution in [2.75, 3.05) is 6.54 Å². The first kappa shape index (κ1) is 17.9. The molecule has 0 fully saturated rings. The number of benzene rings is 1. The lowest BCUT2D eigenvalue weighted by Crippen LogP contribution is -2.37. The molecular weight excluding hydrogens is 354 g/mol. The number of carbonyl (C=O) groups is 1. The van der Waals surface area contributed by atoms with Gasteiger partial charge in [-0.3, -0.25) is 9.59 Å². The minimum atomic E-state index is -0.734. The average Bonchev–Trinajstić information content (AvgIpc) is 3.18. The van der Waals surface area contributed by atoms with Gasteiger partial charge in [0, 0.05) is 17.6 Å². The van der Waals surface area contributed by atoms with Crippen molar-refractivity contribution >= 4 is 17.5 Å². The minimum absolute atomic E-state index is 0.273. The van der Waals surface area contributed by atoms with Gasteiger partial charge in [-0.25, -0.2) is 4.68 Å². The first-order chi connectivity index (χ1) is 12.5. The fraction of sp³-hybridized carbons (Fsp3) is 0.211. The Morgan fingerprint density at radius 2 is 2.00 bits per heavy atom. The van der Waals surface area contributed by atoms with Crippen LogP contribution in [0.25, 0.3) is 11.5 Å². The third-order valence-corrected chi connectivity index (χ3v) is 4.22. The molecule has 0 saturated heterocycles. The Kier molecular flexibility index (Phi) is 5.53. The molecule has 1 amide bonds. The first-order valence-corrected chi connectivity index (χ1v) is 8.58. The lowest BCUT2D eigenvalue weighted by atomic mass is 10.1. The summed E-state index contributed by atoms with van der Waals surface area (Å²) in [7, 11) is 0. The van der Waals surface area contributed by atoms with Crippen LogP contribution in [0.3, 0.4) is 0 Å². The van der Waals surface area contributed by atoms with E-state index in [9.17, 15) is 9.59 Å². The second kappa shape index (κ2) is 8.01. The molecule has 2 aromatic heterocycles. The number of carbonyl (C=O) groups excluding carboxylic acids is 1. The van der Waals surface area contributed by atoms with Crippen LogP contribution in [-0.4, -0.2) is 22.2 Å². The van der Waals surface area contributed by atoms with Crippen molar-refractivity contribution in [1.29, 1.82) is 0 Å². The van der Waals surface area contributed by atoms with E-state index in [1.54, 1.807) is 25.1 Å². The highest BCUT2D eigenvalue weighted by molar-refractivity contribution is 6.30. The average molecular weight is 372 g/mol. The van der Waals surface area contributed by atoms with Crippen molar-refractivity contribution in [3.05, 3.63) is 75.7 Å². The Balaban J connectivity index is 1.65. The summed E-state index contributed by atoms with van der Waals surface area (Å²) in [6, 6.07) is 13.1. The van der Waals surface area contributed by atoms with E-state index in [0.717, 1.165) is 10.2 Å². The summed E-state index contributed by atoms with van der Waals surface area (Å²) < 4.78 is 6.45. The number of amides is 1. The van der Waals surface area contributed by atoms with Gasteiger partial charge in [0.25, 0.3) is 5.56 Å². The molecule has 2 heterocycles. The molecule has 1 atom stereocenters. The number of hydrogen-bond donors (Lipinski definition) is 1. The third-order valence-electron chi connectivity index (χ3n) is 3.97. The van der Waals surface area contributed by atoms with Crippen molar-refractivity contribution in [2.45, 2.75) is 19.4 Å². The van der Waals surface area contributed by atoms with Gasteiger partial charge in [0.05, 0.1) is 6.26 Å².